The summed E-state index contributed by atoms with van der Waals surface area (Å²) in [6.07, 6.45) is 4.09. The SMILES string of the molecule is CCNC1(C(N)=O)CCC(N2CCCOC(C)C2)C1. The predicted molar refractivity (Wildman–Crippen MR) is 74.8 cm³/mol. The zero-order valence-electron chi connectivity index (χ0n) is 12.2. The first kappa shape index (κ1) is 14.8. The van der Waals surface area contributed by atoms with Crippen LogP contribution in [-0.2, 0) is 9.53 Å². The van der Waals surface area contributed by atoms with Crippen LogP contribution in [0.4, 0.5) is 0 Å². The van der Waals surface area contributed by atoms with Gasteiger partial charge in [0.1, 0.15) is 0 Å². The first-order chi connectivity index (χ1) is 9.07. The number of primary amides is 1. The molecular formula is C14H27N3O2. The first-order valence-corrected chi connectivity index (χ1v) is 7.48. The summed E-state index contributed by atoms with van der Waals surface area (Å²) in [6.45, 7) is 7.81. The summed E-state index contributed by atoms with van der Waals surface area (Å²) in [5.74, 6) is -0.198. The first-order valence-electron chi connectivity index (χ1n) is 7.48. The largest absolute Gasteiger partial charge is 0.377 e. The van der Waals surface area contributed by atoms with Gasteiger partial charge >= 0.3 is 0 Å². The number of amides is 1. The Kier molecular flexibility index (Phi) is 4.81. The highest BCUT2D eigenvalue weighted by Crippen LogP contribution is 2.33. The molecule has 1 saturated carbocycles. The van der Waals surface area contributed by atoms with E-state index in [4.69, 9.17) is 10.5 Å². The maximum atomic E-state index is 11.8. The Morgan fingerprint density at radius 3 is 3.05 bits per heavy atom. The molecule has 2 aliphatic rings. The number of nitrogens with one attached hydrogen (secondary N) is 1. The van der Waals surface area contributed by atoms with Gasteiger partial charge in [-0.1, -0.05) is 6.92 Å². The van der Waals surface area contributed by atoms with Gasteiger partial charge in [0, 0.05) is 25.7 Å². The van der Waals surface area contributed by atoms with Crippen LogP contribution in [0, 0.1) is 0 Å². The number of ether oxygens (including phenoxy) is 1. The quantitative estimate of drug-likeness (QED) is 0.779. The van der Waals surface area contributed by atoms with Crippen molar-refractivity contribution in [2.45, 2.75) is 57.2 Å². The fourth-order valence-electron chi connectivity index (χ4n) is 3.50. The van der Waals surface area contributed by atoms with Gasteiger partial charge in [-0.05, 0) is 39.2 Å². The average molecular weight is 269 g/mol. The molecule has 1 amide bonds. The van der Waals surface area contributed by atoms with E-state index in [-0.39, 0.29) is 12.0 Å². The fraction of sp³-hybridized carbons (Fsp3) is 0.929. The predicted octanol–water partition coefficient (Wildman–Crippen LogP) is 0.483. The van der Waals surface area contributed by atoms with Crippen molar-refractivity contribution in [3.05, 3.63) is 0 Å². The minimum absolute atomic E-state index is 0.198. The summed E-state index contributed by atoms with van der Waals surface area (Å²) >= 11 is 0. The van der Waals surface area contributed by atoms with Crippen LogP contribution in [0.1, 0.15) is 39.5 Å². The Hall–Kier alpha value is -0.650. The second-order valence-corrected chi connectivity index (χ2v) is 5.90. The van der Waals surface area contributed by atoms with Gasteiger partial charge in [-0.15, -0.1) is 0 Å². The molecule has 5 heteroatoms. The smallest absolute Gasteiger partial charge is 0.237 e. The molecule has 1 saturated heterocycles. The van der Waals surface area contributed by atoms with E-state index in [1.165, 1.54) is 0 Å². The molecule has 0 aromatic heterocycles. The lowest BCUT2D eigenvalue weighted by Gasteiger charge is -2.31. The maximum absolute atomic E-state index is 11.8. The molecule has 1 heterocycles. The van der Waals surface area contributed by atoms with Crippen molar-refractivity contribution in [3.63, 3.8) is 0 Å². The highest BCUT2D eigenvalue weighted by molar-refractivity contribution is 5.85. The molecule has 3 unspecified atom stereocenters. The lowest BCUT2D eigenvalue weighted by molar-refractivity contribution is -0.124. The van der Waals surface area contributed by atoms with Gasteiger partial charge in [-0.3, -0.25) is 9.69 Å². The van der Waals surface area contributed by atoms with Crippen molar-refractivity contribution in [1.82, 2.24) is 10.2 Å². The normalized spacial score (nSPS) is 37.2. The van der Waals surface area contributed by atoms with Crippen LogP contribution in [0.2, 0.25) is 0 Å². The van der Waals surface area contributed by atoms with E-state index in [1.807, 2.05) is 6.92 Å². The molecule has 19 heavy (non-hydrogen) atoms. The highest BCUT2D eigenvalue weighted by atomic mass is 16.5. The van der Waals surface area contributed by atoms with Crippen LogP contribution in [0.3, 0.4) is 0 Å². The van der Waals surface area contributed by atoms with E-state index in [2.05, 4.69) is 17.1 Å². The molecule has 2 fully saturated rings. The number of likely N-dealkylation sites (N-methyl/N-ethyl adjacent to an activating group) is 1. The molecule has 110 valence electrons. The molecule has 3 N–H and O–H groups in total. The second-order valence-electron chi connectivity index (χ2n) is 5.90. The zero-order valence-corrected chi connectivity index (χ0v) is 12.2. The van der Waals surface area contributed by atoms with E-state index in [0.717, 1.165) is 51.9 Å². The molecular weight excluding hydrogens is 242 g/mol. The van der Waals surface area contributed by atoms with Crippen LogP contribution >= 0.6 is 0 Å². The molecule has 2 rings (SSSR count). The molecule has 1 aliphatic heterocycles. The third-order valence-corrected chi connectivity index (χ3v) is 4.48. The fourth-order valence-corrected chi connectivity index (χ4v) is 3.50. The van der Waals surface area contributed by atoms with Crippen molar-refractivity contribution in [1.29, 1.82) is 0 Å². The standard InChI is InChI=1S/C14H27N3O2/c1-3-16-14(13(15)18)6-5-12(9-14)17-7-4-8-19-11(2)10-17/h11-12,16H,3-10H2,1-2H3,(H2,15,18). The third kappa shape index (κ3) is 3.27. The van der Waals surface area contributed by atoms with Gasteiger partial charge in [0.2, 0.25) is 5.91 Å². The number of carbonyl (C=O) groups excluding carboxylic acids is 1. The Morgan fingerprint density at radius 1 is 1.58 bits per heavy atom. The lowest BCUT2D eigenvalue weighted by Crippen LogP contribution is -2.54. The Morgan fingerprint density at radius 2 is 2.37 bits per heavy atom. The van der Waals surface area contributed by atoms with Crippen molar-refractivity contribution in [2.75, 3.05) is 26.2 Å². The molecule has 0 radical (unpaired) electrons. The molecule has 5 nitrogen and oxygen atoms in total. The molecule has 0 aromatic rings. The zero-order chi connectivity index (χ0) is 13.9. The van der Waals surface area contributed by atoms with Crippen LogP contribution in [0.15, 0.2) is 0 Å². The summed E-state index contributed by atoms with van der Waals surface area (Å²) in [5.41, 5.74) is 5.13. The maximum Gasteiger partial charge on any atom is 0.237 e. The number of nitrogens with two attached hydrogens (primary N) is 1. The summed E-state index contributed by atoms with van der Waals surface area (Å²) in [5, 5.41) is 3.32. The molecule has 0 bridgehead atoms. The van der Waals surface area contributed by atoms with Crippen LogP contribution in [0.5, 0.6) is 0 Å². The summed E-state index contributed by atoms with van der Waals surface area (Å²) in [4.78, 5) is 14.3. The lowest BCUT2D eigenvalue weighted by atomic mass is 9.96. The number of rotatable bonds is 4. The van der Waals surface area contributed by atoms with Crippen LogP contribution in [0.25, 0.3) is 0 Å². The highest BCUT2D eigenvalue weighted by Gasteiger charge is 2.45. The summed E-state index contributed by atoms with van der Waals surface area (Å²) in [6, 6.07) is 0.454. The van der Waals surface area contributed by atoms with E-state index in [1.54, 1.807) is 0 Å². The van der Waals surface area contributed by atoms with Gasteiger partial charge < -0.3 is 15.8 Å². The Bertz CT molecular complexity index is 324. The van der Waals surface area contributed by atoms with E-state index in [0.29, 0.717) is 6.04 Å². The van der Waals surface area contributed by atoms with E-state index < -0.39 is 5.54 Å². The minimum Gasteiger partial charge on any atom is -0.377 e. The van der Waals surface area contributed by atoms with Crippen LogP contribution < -0.4 is 11.1 Å². The summed E-state index contributed by atoms with van der Waals surface area (Å²) in [7, 11) is 0. The molecule has 0 aromatic carbocycles. The second kappa shape index (κ2) is 6.20. The number of hydrogen-bond donors (Lipinski definition) is 2. The molecule has 1 aliphatic carbocycles. The van der Waals surface area contributed by atoms with Crippen molar-refractivity contribution < 1.29 is 9.53 Å². The van der Waals surface area contributed by atoms with Gasteiger partial charge in [0.05, 0.1) is 11.6 Å². The van der Waals surface area contributed by atoms with Crippen molar-refractivity contribution >= 4 is 5.91 Å². The topological polar surface area (TPSA) is 67.6 Å². The Labute approximate surface area is 115 Å². The summed E-state index contributed by atoms with van der Waals surface area (Å²) < 4.78 is 5.69. The van der Waals surface area contributed by atoms with Crippen LogP contribution in [-0.4, -0.2) is 54.7 Å². The average Bonchev–Trinajstić information content (AvgIpc) is 2.68. The van der Waals surface area contributed by atoms with Gasteiger partial charge in [-0.2, -0.15) is 0 Å². The van der Waals surface area contributed by atoms with Crippen molar-refractivity contribution in [3.8, 4) is 0 Å². The Balaban J connectivity index is 2.01. The number of carbonyl (C=O) groups is 1. The number of hydrogen-bond acceptors (Lipinski definition) is 4. The van der Waals surface area contributed by atoms with Gasteiger partial charge in [0.15, 0.2) is 0 Å². The minimum atomic E-state index is -0.490. The molecule has 3 atom stereocenters. The van der Waals surface area contributed by atoms with Gasteiger partial charge in [0.25, 0.3) is 0 Å². The van der Waals surface area contributed by atoms with Gasteiger partial charge in [-0.25, -0.2) is 0 Å². The number of nitrogens with zero attached hydrogens (tertiary/aromatic N) is 1. The monoisotopic (exact) mass is 269 g/mol. The molecule has 0 spiro atoms. The van der Waals surface area contributed by atoms with E-state index in [9.17, 15) is 4.79 Å². The van der Waals surface area contributed by atoms with E-state index >= 15 is 0 Å². The third-order valence-electron chi connectivity index (χ3n) is 4.48. The van der Waals surface area contributed by atoms with Crippen molar-refractivity contribution in [2.24, 2.45) is 5.73 Å².